The molecule has 0 aliphatic carbocycles. The number of nitrogens with zero attached hydrogens (tertiary/aromatic N) is 1. The quantitative estimate of drug-likeness (QED) is 0.353. The number of anilines is 2. The molecule has 0 saturated heterocycles. The van der Waals surface area contributed by atoms with E-state index in [1.807, 2.05) is 0 Å². The van der Waals surface area contributed by atoms with Gasteiger partial charge in [-0.3, -0.25) is 14.4 Å². The van der Waals surface area contributed by atoms with E-state index < -0.39 is 11.8 Å². The van der Waals surface area contributed by atoms with E-state index in [2.05, 4.69) is 21.2 Å². The van der Waals surface area contributed by atoms with Gasteiger partial charge in [-0.25, -0.2) is 5.43 Å². The average molecular weight is 433 g/mol. The van der Waals surface area contributed by atoms with Crippen molar-refractivity contribution in [1.82, 2.24) is 5.43 Å². The van der Waals surface area contributed by atoms with Gasteiger partial charge >= 0.3 is 11.8 Å². The minimum Gasteiger partial charge on any atom is -0.497 e. The van der Waals surface area contributed by atoms with Crippen LogP contribution in [0.3, 0.4) is 0 Å². The lowest BCUT2D eigenvalue weighted by Gasteiger charge is -2.11. The Morgan fingerprint density at radius 2 is 1.67 bits per heavy atom. The molecule has 3 N–H and O–H groups in total. The molecule has 0 aliphatic rings. The maximum Gasteiger partial charge on any atom is 0.329 e. The summed E-state index contributed by atoms with van der Waals surface area (Å²) < 4.78 is 10.2. The first-order valence-corrected chi connectivity index (χ1v) is 9.12. The van der Waals surface area contributed by atoms with Crippen LogP contribution in [0.25, 0.3) is 0 Å². The van der Waals surface area contributed by atoms with Gasteiger partial charge in [0.1, 0.15) is 11.5 Å². The highest BCUT2D eigenvalue weighted by Gasteiger charge is 2.16. The largest absolute Gasteiger partial charge is 0.497 e. The first-order valence-electron chi connectivity index (χ1n) is 8.74. The molecule has 0 bridgehead atoms. The third kappa shape index (κ3) is 6.78. The molecule has 0 aromatic heterocycles. The molecule has 10 heteroatoms. The van der Waals surface area contributed by atoms with Crippen molar-refractivity contribution < 1.29 is 23.9 Å². The Morgan fingerprint density at radius 3 is 2.30 bits per heavy atom. The second-order valence-corrected chi connectivity index (χ2v) is 6.48. The van der Waals surface area contributed by atoms with Gasteiger partial charge in [0.05, 0.1) is 26.3 Å². The van der Waals surface area contributed by atoms with Gasteiger partial charge in [0, 0.05) is 22.5 Å². The van der Waals surface area contributed by atoms with Crippen molar-refractivity contribution >= 4 is 46.4 Å². The van der Waals surface area contributed by atoms with Crippen molar-refractivity contribution in [2.24, 2.45) is 5.10 Å². The lowest BCUT2D eigenvalue weighted by Crippen LogP contribution is -2.33. The fourth-order valence-corrected chi connectivity index (χ4v) is 2.41. The number of rotatable bonds is 7. The van der Waals surface area contributed by atoms with E-state index in [1.165, 1.54) is 14.2 Å². The zero-order valence-corrected chi connectivity index (χ0v) is 17.4. The lowest BCUT2D eigenvalue weighted by molar-refractivity contribution is -0.136. The number of carbonyl (C=O) groups excluding carboxylic acids is 3. The Morgan fingerprint density at radius 1 is 0.967 bits per heavy atom. The average Bonchev–Trinajstić information content (AvgIpc) is 2.73. The number of hydrogen-bond donors (Lipinski definition) is 3. The van der Waals surface area contributed by atoms with E-state index in [0.717, 1.165) is 0 Å². The molecule has 0 fully saturated rings. The first kappa shape index (κ1) is 22.7. The molecule has 2 rings (SSSR count). The number of hydrazone groups is 1. The molecule has 9 nitrogen and oxygen atoms in total. The topological polar surface area (TPSA) is 118 Å². The molecule has 158 valence electrons. The summed E-state index contributed by atoms with van der Waals surface area (Å²) in [6.45, 7) is 1.55. The molecule has 0 unspecified atom stereocenters. The van der Waals surface area contributed by atoms with E-state index in [0.29, 0.717) is 33.6 Å². The summed E-state index contributed by atoms with van der Waals surface area (Å²) in [7, 11) is 2.92. The Labute approximate surface area is 178 Å². The van der Waals surface area contributed by atoms with Crippen molar-refractivity contribution in [3.63, 3.8) is 0 Å². The Bertz CT molecular complexity index is 960. The summed E-state index contributed by atoms with van der Waals surface area (Å²) >= 11 is 5.79. The zero-order valence-electron chi connectivity index (χ0n) is 16.6. The SMILES string of the molecule is COc1ccc(NC(=O)C(=O)NN=C(C)CC(=O)Nc2ccc(Cl)cc2)c(OC)c1. The molecule has 3 amide bonds. The summed E-state index contributed by atoms with van der Waals surface area (Å²) in [5.74, 6) is -1.41. The van der Waals surface area contributed by atoms with Crippen molar-refractivity contribution in [1.29, 1.82) is 0 Å². The minimum atomic E-state index is -0.995. The van der Waals surface area contributed by atoms with Crippen LogP contribution in [-0.4, -0.2) is 37.7 Å². The minimum absolute atomic E-state index is 0.0726. The van der Waals surface area contributed by atoms with Crippen LogP contribution in [0.5, 0.6) is 11.5 Å². The molecule has 0 spiro atoms. The third-order valence-corrected chi connectivity index (χ3v) is 4.01. The molecule has 30 heavy (non-hydrogen) atoms. The molecular formula is C20H21ClN4O5. The van der Waals surface area contributed by atoms with Gasteiger partial charge in [-0.2, -0.15) is 5.10 Å². The van der Waals surface area contributed by atoms with E-state index >= 15 is 0 Å². The maximum absolute atomic E-state index is 12.1. The summed E-state index contributed by atoms with van der Waals surface area (Å²) in [5.41, 5.74) is 3.29. The predicted molar refractivity (Wildman–Crippen MR) is 114 cm³/mol. The van der Waals surface area contributed by atoms with Crippen LogP contribution in [0, 0.1) is 0 Å². The second kappa shape index (κ2) is 10.8. The van der Waals surface area contributed by atoms with Crippen LogP contribution < -0.4 is 25.5 Å². The van der Waals surface area contributed by atoms with Gasteiger partial charge in [0.2, 0.25) is 5.91 Å². The summed E-state index contributed by atoms with van der Waals surface area (Å²) in [5, 5.41) is 9.42. The van der Waals surface area contributed by atoms with Gasteiger partial charge in [0.25, 0.3) is 0 Å². The number of hydrogen-bond acceptors (Lipinski definition) is 6. The molecule has 0 atom stereocenters. The zero-order chi connectivity index (χ0) is 22.1. The van der Waals surface area contributed by atoms with Crippen LogP contribution >= 0.6 is 11.6 Å². The molecule has 0 aliphatic heterocycles. The van der Waals surface area contributed by atoms with Crippen LogP contribution in [0.15, 0.2) is 47.6 Å². The third-order valence-electron chi connectivity index (χ3n) is 3.76. The van der Waals surface area contributed by atoms with E-state index in [9.17, 15) is 14.4 Å². The lowest BCUT2D eigenvalue weighted by atomic mass is 10.2. The highest BCUT2D eigenvalue weighted by atomic mass is 35.5. The number of ether oxygens (including phenoxy) is 2. The number of benzene rings is 2. The van der Waals surface area contributed by atoms with Gasteiger partial charge in [-0.05, 0) is 43.3 Å². The number of methoxy groups -OCH3 is 2. The molecule has 2 aromatic carbocycles. The van der Waals surface area contributed by atoms with Crippen molar-refractivity contribution in [2.75, 3.05) is 24.9 Å². The van der Waals surface area contributed by atoms with Gasteiger partial charge in [-0.15, -0.1) is 0 Å². The van der Waals surface area contributed by atoms with E-state index in [1.54, 1.807) is 49.4 Å². The maximum atomic E-state index is 12.1. The fourth-order valence-electron chi connectivity index (χ4n) is 2.29. The van der Waals surface area contributed by atoms with Crippen molar-refractivity contribution in [2.45, 2.75) is 13.3 Å². The van der Waals surface area contributed by atoms with Crippen LogP contribution in [0.4, 0.5) is 11.4 Å². The fraction of sp³-hybridized carbons (Fsp3) is 0.200. The standard InChI is InChI=1S/C20H21ClN4O5/c1-12(10-18(26)22-14-6-4-13(21)5-7-14)24-25-20(28)19(27)23-16-9-8-15(29-2)11-17(16)30-3/h4-9,11H,10H2,1-3H3,(H,22,26)(H,23,27)(H,25,28). The van der Waals surface area contributed by atoms with Gasteiger partial charge in [-0.1, -0.05) is 11.6 Å². The highest BCUT2D eigenvalue weighted by molar-refractivity contribution is 6.39. The van der Waals surface area contributed by atoms with E-state index in [-0.39, 0.29) is 12.3 Å². The Hall–Kier alpha value is -3.59. The van der Waals surface area contributed by atoms with Crippen molar-refractivity contribution in [3.05, 3.63) is 47.5 Å². The van der Waals surface area contributed by atoms with Crippen LogP contribution in [0.2, 0.25) is 5.02 Å². The summed E-state index contributed by atoms with van der Waals surface area (Å²) in [6, 6.07) is 11.3. The van der Waals surface area contributed by atoms with Gasteiger partial charge < -0.3 is 20.1 Å². The molecule has 2 aromatic rings. The summed E-state index contributed by atoms with van der Waals surface area (Å²) in [4.78, 5) is 36.1. The number of halogens is 1. The predicted octanol–water partition coefficient (Wildman–Crippen LogP) is 2.82. The molecule has 0 saturated carbocycles. The molecular weight excluding hydrogens is 412 g/mol. The van der Waals surface area contributed by atoms with Crippen LogP contribution in [0.1, 0.15) is 13.3 Å². The Balaban J connectivity index is 1.88. The highest BCUT2D eigenvalue weighted by Crippen LogP contribution is 2.28. The van der Waals surface area contributed by atoms with Gasteiger partial charge in [0.15, 0.2) is 0 Å². The number of amides is 3. The monoisotopic (exact) mass is 432 g/mol. The number of carbonyl (C=O) groups is 3. The normalized spacial score (nSPS) is 10.7. The first-order chi connectivity index (χ1) is 14.3. The second-order valence-electron chi connectivity index (χ2n) is 6.04. The molecule has 0 heterocycles. The number of nitrogens with one attached hydrogen (secondary N) is 3. The smallest absolute Gasteiger partial charge is 0.329 e. The Kier molecular flexibility index (Phi) is 8.18. The summed E-state index contributed by atoms with van der Waals surface area (Å²) in [6.07, 6.45) is -0.0726. The van der Waals surface area contributed by atoms with Crippen LogP contribution in [-0.2, 0) is 14.4 Å². The van der Waals surface area contributed by atoms with Crippen molar-refractivity contribution in [3.8, 4) is 11.5 Å². The molecule has 0 radical (unpaired) electrons. The van der Waals surface area contributed by atoms with E-state index in [4.69, 9.17) is 21.1 Å².